The van der Waals surface area contributed by atoms with Crippen molar-refractivity contribution in [1.82, 2.24) is 0 Å². The van der Waals surface area contributed by atoms with Crippen molar-refractivity contribution in [2.24, 2.45) is 0 Å². The number of carbonyl (C=O) groups excluding carboxylic acids is 2. The highest BCUT2D eigenvalue weighted by atomic mass is 16.2. The summed E-state index contributed by atoms with van der Waals surface area (Å²) in [5.41, 5.74) is 2.30. The molecule has 0 bridgehead atoms. The Morgan fingerprint density at radius 3 is 2.50 bits per heavy atom. The van der Waals surface area contributed by atoms with Crippen molar-refractivity contribution in [1.29, 1.82) is 0 Å². The van der Waals surface area contributed by atoms with E-state index in [9.17, 15) is 9.59 Å². The number of hydrogen-bond acceptors (Lipinski definition) is 2. The lowest BCUT2D eigenvalue weighted by molar-refractivity contribution is -0.114. The Morgan fingerprint density at radius 2 is 2.00 bits per heavy atom. The van der Waals surface area contributed by atoms with E-state index < -0.39 is 0 Å². The van der Waals surface area contributed by atoms with Crippen LogP contribution in [0.15, 0.2) is 30.9 Å². The van der Waals surface area contributed by atoms with Crippen LogP contribution in [0.2, 0.25) is 0 Å². The van der Waals surface area contributed by atoms with E-state index in [1.165, 1.54) is 13.0 Å². The van der Waals surface area contributed by atoms with Crippen molar-refractivity contribution >= 4 is 23.2 Å². The molecule has 0 fully saturated rings. The third-order valence-corrected chi connectivity index (χ3v) is 1.99. The molecule has 4 heteroatoms. The minimum absolute atomic E-state index is 0.119. The number of anilines is 2. The number of hydrogen-bond donors (Lipinski definition) is 2. The second-order valence-corrected chi connectivity index (χ2v) is 3.40. The third kappa shape index (κ3) is 3.24. The Morgan fingerprint density at radius 1 is 1.31 bits per heavy atom. The maximum Gasteiger partial charge on any atom is 0.247 e. The first-order valence-electron chi connectivity index (χ1n) is 4.84. The summed E-state index contributed by atoms with van der Waals surface area (Å²) in [5, 5.41) is 5.34. The van der Waals surface area contributed by atoms with E-state index in [0.29, 0.717) is 5.69 Å². The van der Waals surface area contributed by atoms with Crippen LogP contribution >= 0.6 is 0 Å². The molecule has 0 unspecified atom stereocenters. The van der Waals surface area contributed by atoms with Crippen LogP contribution < -0.4 is 10.6 Å². The first-order valence-corrected chi connectivity index (χ1v) is 4.84. The highest BCUT2D eigenvalue weighted by Gasteiger charge is 2.02. The normalized spacial score (nSPS) is 9.38. The van der Waals surface area contributed by atoms with Gasteiger partial charge in [0.15, 0.2) is 0 Å². The topological polar surface area (TPSA) is 58.2 Å². The van der Waals surface area contributed by atoms with Crippen LogP contribution in [0, 0.1) is 6.92 Å². The Labute approximate surface area is 94.4 Å². The van der Waals surface area contributed by atoms with E-state index in [0.717, 1.165) is 11.3 Å². The lowest BCUT2D eigenvalue weighted by atomic mass is 10.1. The summed E-state index contributed by atoms with van der Waals surface area (Å²) in [6.07, 6.45) is 1.21. The molecule has 2 amide bonds. The van der Waals surface area contributed by atoms with Crippen LogP contribution in [0.4, 0.5) is 11.4 Å². The monoisotopic (exact) mass is 218 g/mol. The second-order valence-electron chi connectivity index (χ2n) is 3.40. The van der Waals surface area contributed by atoms with Crippen LogP contribution in [0.25, 0.3) is 0 Å². The van der Waals surface area contributed by atoms with Crippen molar-refractivity contribution < 1.29 is 9.59 Å². The molecule has 2 N–H and O–H groups in total. The molecule has 0 atom stereocenters. The van der Waals surface area contributed by atoms with Crippen molar-refractivity contribution in [3.63, 3.8) is 0 Å². The molecule has 16 heavy (non-hydrogen) atoms. The Kier molecular flexibility index (Phi) is 3.83. The molecule has 1 aromatic rings. The molecule has 0 heterocycles. The van der Waals surface area contributed by atoms with Gasteiger partial charge in [0.25, 0.3) is 0 Å². The first kappa shape index (κ1) is 12.0. The van der Waals surface area contributed by atoms with Gasteiger partial charge < -0.3 is 10.6 Å². The quantitative estimate of drug-likeness (QED) is 0.763. The van der Waals surface area contributed by atoms with Gasteiger partial charge in [-0.15, -0.1) is 0 Å². The summed E-state index contributed by atoms with van der Waals surface area (Å²) in [4.78, 5) is 21.9. The molecular weight excluding hydrogens is 204 g/mol. The molecule has 0 spiro atoms. The van der Waals surface area contributed by atoms with Gasteiger partial charge in [0.05, 0.1) is 0 Å². The predicted octanol–water partition coefficient (Wildman–Crippen LogP) is 2.08. The summed E-state index contributed by atoms with van der Waals surface area (Å²) in [6.45, 7) is 6.67. The van der Waals surface area contributed by atoms with Crippen molar-refractivity contribution in [3.05, 3.63) is 36.4 Å². The highest BCUT2D eigenvalue weighted by Crippen LogP contribution is 2.19. The van der Waals surface area contributed by atoms with Crippen LogP contribution in [0.5, 0.6) is 0 Å². The molecule has 0 aromatic heterocycles. The lowest BCUT2D eigenvalue weighted by Crippen LogP contribution is -2.09. The van der Waals surface area contributed by atoms with Gasteiger partial charge in [-0.25, -0.2) is 0 Å². The fourth-order valence-electron chi connectivity index (χ4n) is 1.26. The number of rotatable bonds is 3. The van der Waals surface area contributed by atoms with E-state index in [-0.39, 0.29) is 11.8 Å². The SMILES string of the molecule is C=CC(=O)Nc1ccc(NC(C)=O)c(C)c1. The Hall–Kier alpha value is -2.10. The number of nitrogens with one attached hydrogen (secondary N) is 2. The summed E-state index contributed by atoms with van der Waals surface area (Å²) in [7, 11) is 0. The number of benzene rings is 1. The van der Waals surface area contributed by atoms with Gasteiger partial charge in [0.1, 0.15) is 0 Å². The van der Waals surface area contributed by atoms with Crippen LogP contribution in [0.1, 0.15) is 12.5 Å². The van der Waals surface area contributed by atoms with Crippen molar-refractivity contribution in [3.8, 4) is 0 Å². The largest absolute Gasteiger partial charge is 0.326 e. The average molecular weight is 218 g/mol. The van der Waals surface area contributed by atoms with E-state index in [2.05, 4.69) is 17.2 Å². The standard InChI is InChI=1S/C12H14N2O2/c1-4-12(16)14-10-5-6-11(8(2)7-10)13-9(3)15/h4-7H,1H2,2-3H3,(H,13,15)(H,14,16). The van der Waals surface area contributed by atoms with E-state index in [1.807, 2.05) is 6.92 Å². The second kappa shape index (κ2) is 5.11. The molecule has 0 aliphatic rings. The van der Waals surface area contributed by atoms with Gasteiger partial charge >= 0.3 is 0 Å². The predicted molar refractivity (Wildman–Crippen MR) is 64.3 cm³/mol. The Bertz CT molecular complexity index is 439. The zero-order valence-electron chi connectivity index (χ0n) is 9.33. The van der Waals surface area contributed by atoms with E-state index >= 15 is 0 Å². The van der Waals surface area contributed by atoms with Gasteiger partial charge in [-0.2, -0.15) is 0 Å². The van der Waals surface area contributed by atoms with Crippen LogP contribution in [0.3, 0.4) is 0 Å². The minimum atomic E-state index is -0.258. The fraction of sp³-hybridized carbons (Fsp3) is 0.167. The minimum Gasteiger partial charge on any atom is -0.326 e. The Balaban J connectivity index is 2.86. The van der Waals surface area contributed by atoms with Crippen LogP contribution in [-0.4, -0.2) is 11.8 Å². The zero-order valence-corrected chi connectivity index (χ0v) is 9.33. The molecule has 1 aromatic carbocycles. The van der Waals surface area contributed by atoms with Gasteiger partial charge in [-0.3, -0.25) is 9.59 Å². The van der Waals surface area contributed by atoms with Crippen LogP contribution in [-0.2, 0) is 9.59 Å². The third-order valence-electron chi connectivity index (χ3n) is 1.99. The molecule has 0 aliphatic carbocycles. The molecule has 4 nitrogen and oxygen atoms in total. The van der Waals surface area contributed by atoms with Crippen molar-refractivity contribution in [2.45, 2.75) is 13.8 Å². The molecule has 84 valence electrons. The summed E-state index contributed by atoms with van der Waals surface area (Å²) < 4.78 is 0. The number of aryl methyl sites for hydroxylation is 1. The number of carbonyl (C=O) groups is 2. The summed E-state index contributed by atoms with van der Waals surface area (Å²) in [5.74, 6) is -0.377. The lowest BCUT2D eigenvalue weighted by Gasteiger charge is -2.09. The molecule has 1 rings (SSSR count). The molecule has 0 aliphatic heterocycles. The maximum absolute atomic E-state index is 11.1. The molecular formula is C12H14N2O2. The first-order chi connectivity index (χ1) is 7.52. The summed E-state index contributed by atoms with van der Waals surface area (Å²) >= 11 is 0. The van der Waals surface area contributed by atoms with Gasteiger partial charge in [0, 0.05) is 18.3 Å². The summed E-state index contributed by atoms with van der Waals surface area (Å²) in [6, 6.07) is 5.25. The van der Waals surface area contributed by atoms with Gasteiger partial charge in [-0.1, -0.05) is 6.58 Å². The van der Waals surface area contributed by atoms with Crippen molar-refractivity contribution in [2.75, 3.05) is 10.6 Å². The van der Waals surface area contributed by atoms with E-state index in [1.54, 1.807) is 18.2 Å². The maximum atomic E-state index is 11.1. The molecule has 0 saturated heterocycles. The van der Waals surface area contributed by atoms with Gasteiger partial charge in [-0.05, 0) is 36.8 Å². The number of amides is 2. The zero-order chi connectivity index (χ0) is 12.1. The molecule has 0 radical (unpaired) electrons. The smallest absolute Gasteiger partial charge is 0.247 e. The highest BCUT2D eigenvalue weighted by molar-refractivity contribution is 5.99. The molecule has 0 saturated carbocycles. The fourth-order valence-corrected chi connectivity index (χ4v) is 1.26. The van der Waals surface area contributed by atoms with Gasteiger partial charge in [0.2, 0.25) is 11.8 Å². The van der Waals surface area contributed by atoms with E-state index in [4.69, 9.17) is 0 Å². The average Bonchev–Trinajstić information content (AvgIpc) is 2.21.